The smallest absolute Gasteiger partial charge is 0.408 e. The highest BCUT2D eigenvalue weighted by molar-refractivity contribution is 7.91. The lowest BCUT2D eigenvalue weighted by Crippen LogP contribution is -2.60. The number of ether oxygens (including phenoxy) is 2. The zero-order chi connectivity index (χ0) is 35.9. The number of rotatable bonds is 11. The first-order valence-corrected chi connectivity index (χ1v) is 18.0. The maximum absolute atomic E-state index is 14.4. The first kappa shape index (κ1) is 36.0. The molecule has 5 atom stereocenters. The highest BCUT2D eigenvalue weighted by atomic mass is 32.2. The Kier molecular flexibility index (Phi) is 9.71. The van der Waals surface area contributed by atoms with Crippen molar-refractivity contribution >= 4 is 44.9 Å². The summed E-state index contributed by atoms with van der Waals surface area (Å²) in [6.45, 7) is 14.2. The number of nitrogens with zero attached hydrogens (tertiary/aromatic N) is 3. The van der Waals surface area contributed by atoms with E-state index >= 15 is 0 Å². The maximum Gasteiger partial charge on any atom is 0.408 e. The summed E-state index contributed by atoms with van der Waals surface area (Å²) >= 11 is 0. The number of likely N-dealkylation sites (tertiary alicyclic amines) is 1. The summed E-state index contributed by atoms with van der Waals surface area (Å²) in [4.78, 5) is 65.1. The van der Waals surface area contributed by atoms with E-state index in [1.54, 1.807) is 53.7 Å². The topological polar surface area (TPSA) is 186 Å². The van der Waals surface area contributed by atoms with Gasteiger partial charge in [-0.05, 0) is 69.9 Å². The minimum atomic E-state index is -3.88. The molecule has 3 aliphatic rings. The molecule has 4 amide bonds. The number of hydrogen-bond donors (Lipinski definition) is 3. The molecule has 1 aliphatic heterocycles. The normalized spacial score (nSPS) is 24.4. The van der Waals surface area contributed by atoms with Crippen LogP contribution in [0.2, 0.25) is 0 Å². The second-order valence-electron chi connectivity index (χ2n) is 15.2. The molecule has 49 heavy (non-hydrogen) atoms. The zero-order valence-corrected chi connectivity index (χ0v) is 29.6. The number of sulfonamides is 1. The van der Waals surface area contributed by atoms with Gasteiger partial charge in [0.2, 0.25) is 27.7 Å². The predicted octanol–water partition coefficient (Wildman–Crippen LogP) is 2.98. The van der Waals surface area contributed by atoms with Crippen LogP contribution in [0.4, 0.5) is 4.79 Å². The molecule has 3 fully saturated rings. The third-order valence-electron chi connectivity index (χ3n) is 8.84. The molecule has 1 saturated heterocycles. The molecule has 0 radical (unpaired) electrons. The van der Waals surface area contributed by atoms with Crippen molar-refractivity contribution in [1.82, 2.24) is 30.2 Å². The zero-order valence-electron chi connectivity index (χ0n) is 28.8. The summed E-state index contributed by atoms with van der Waals surface area (Å²) in [6, 6.07) is 5.02. The third kappa shape index (κ3) is 8.31. The first-order valence-electron chi connectivity index (χ1n) is 16.5. The van der Waals surface area contributed by atoms with Gasteiger partial charge in [0.15, 0.2) is 0 Å². The van der Waals surface area contributed by atoms with Crippen LogP contribution in [0, 0.1) is 11.3 Å². The van der Waals surface area contributed by atoms with Gasteiger partial charge in [0, 0.05) is 6.42 Å². The molecule has 1 aromatic heterocycles. The van der Waals surface area contributed by atoms with Crippen LogP contribution in [-0.4, -0.2) is 88.2 Å². The van der Waals surface area contributed by atoms with Crippen molar-refractivity contribution in [1.29, 1.82) is 0 Å². The van der Waals surface area contributed by atoms with Gasteiger partial charge in [0.25, 0.3) is 5.91 Å². The van der Waals surface area contributed by atoms with Crippen LogP contribution in [0.15, 0.2) is 43.1 Å². The Morgan fingerprint density at radius 3 is 2.39 bits per heavy atom. The van der Waals surface area contributed by atoms with Crippen molar-refractivity contribution in [3.8, 4) is 5.88 Å². The van der Waals surface area contributed by atoms with E-state index < -0.39 is 73.8 Å². The van der Waals surface area contributed by atoms with Crippen LogP contribution >= 0.6 is 0 Å². The number of aromatic nitrogens is 2. The van der Waals surface area contributed by atoms with Gasteiger partial charge in [-0.3, -0.25) is 19.1 Å². The molecule has 2 saturated carbocycles. The van der Waals surface area contributed by atoms with E-state index in [0.717, 1.165) is 0 Å². The van der Waals surface area contributed by atoms with Crippen molar-refractivity contribution in [2.24, 2.45) is 11.3 Å². The lowest BCUT2D eigenvalue weighted by molar-refractivity contribution is -0.143. The van der Waals surface area contributed by atoms with Crippen LogP contribution in [0.1, 0.15) is 73.6 Å². The predicted molar refractivity (Wildman–Crippen MR) is 181 cm³/mol. The third-order valence-corrected chi connectivity index (χ3v) is 10.7. The van der Waals surface area contributed by atoms with Crippen molar-refractivity contribution in [3.05, 3.63) is 43.1 Å². The number of alkyl carbamates (subject to hydrolysis) is 1. The summed E-state index contributed by atoms with van der Waals surface area (Å²) in [5.74, 6) is -2.20. The van der Waals surface area contributed by atoms with E-state index in [2.05, 4.69) is 31.9 Å². The maximum atomic E-state index is 14.4. The lowest BCUT2D eigenvalue weighted by Gasteiger charge is -2.36. The highest BCUT2D eigenvalue weighted by Gasteiger charge is 2.62. The molecule has 2 heterocycles. The molecule has 14 nitrogen and oxygen atoms in total. The van der Waals surface area contributed by atoms with Crippen LogP contribution in [0.25, 0.3) is 11.0 Å². The Morgan fingerprint density at radius 2 is 1.78 bits per heavy atom. The van der Waals surface area contributed by atoms with Gasteiger partial charge in [0.05, 0.1) is 29.0 Å². The second-order valence-corrected chi connectivity index (χ2v) is 17.1. The van der Waals surface area contributed by atoms with E-state index in [1.807, 2.05) is 18.2 Å². The lowest BCUT2D eigenvalue weighted by atomic mass is 9.85. The fourth-order valence-electron chi connectivity index (χ4n) is 6.07. The van der Waals surface area contributed by atoms with E-state index in [0.29, 0.717) is 30.3 Å². The molecule has 15 heteroatoms. The Balaban J connectivity index is 1.42. The minimum Gasteiger partial charge on any atom is -0.471 e. The first-order chi connectivity index (χ1) is 22.8. The number of para-hydroxylation sites is 2. The Morgan fingerprint density at radius 1 is 1.10 bits per heavy atom. The van der Waals surface area contributed by atoms with E-state index in [1.165, 1.54) is 11.1 Å². The van der Waals surface area contributed by atoms with Gasteiger partial charge >= 0.3 is 6.09 Å². The summed E-state index contributed by atoms with van der Waals surface area (Å²) in [5, 5.41) is 4.87. The fourth-order valence-corrected chi connectivity index (χ4v) is 7.43. The molecule has 2 aliphatic carbocycles. The second kappa shape index (κ2) is 13.2. The number of allylic oxidation sites excluding steroid dienone is 1. The van der Waals surface area contributed by atoms with Gasteiger partial charge in [-0.1, -0.05) is 39.0 Å². The molecule has 2 aromatic rings. The molecule has 0 bridgehead atoms. The molecule has 1 unspecified atom stereocenters. The monoisotopic (exact) mass is 698 g/mol. The summed E-state index contributed by atoms with van der Waals surface area (Å²) < 4.78 is 39.1. The Hall–Kier alpha value is -4.27. The average Bonchev–Trinajstić information content (AvgIpc) is 3.92. The van der Waals surface area contributed by atoms with Crippen molar-refractivity contribution in [2.75, 3.05) is 6.54 Å². The number of carbonyl (C=O) groups excluding carboxylic acids is 4. The van der Waals surface area contributed by atoms with E-state index in [9.17, 15) is 27.6 Å². The summed E-state index contributed by atoms with van der Waals surface area (Å²) in [7, 11) is -3.88. The number of fused-ring (bicyclic) bond motifs is 1. The number of hydrogen-bond acceptors (Lipinski definition) is 10. The summed E-state index contributed by atoms with van der Waals surface area (Å²) in [6.07, 6.45) is 3.10. The number of nitrogens with one attached hydrogen (secondary N) is 3. The molecule has 1 aromatic carbocycles. The quantitative estimate of drug-likeness (QED) is 0.295. The van der Waals surface area contributed by atoms with Crippen LogP contribution in [-0.2, 0) is 29.1 Å². The Labute approximate surface area is 286 Å². The van der Waals surface area contributed by atoms with Crippen LogP contribution < -0.4 is 20.1 Å². The Bertz CT molecular complexity index is 1750. The van der Waals surface area contributed by atoms with Crippen LogP contribution in [0.5, 0.6) is 5.88 Å². The SMILES string of the molecule is C=CCC1C[C@]1(NC(=O)[C@@H]1C[C@@H](Oc2cnc3ccccc3n2)CN1C(=O)[C@@H](NC(=O)OC(C)(C)C)C(C)(C)C)C(=O)NS(=O)(=O)C1CC1. The van der Waals surface area contributed by atoms with Crippen molar-refractivity contribution in [3.63, 3.8) is 0 Å². The van der Waals surface area contributed by atoms with Gasteiger partial charge in [-0.15, -0.1) is 6.58 Å². The highest BCUT2D eigenvalue weighted by Crippen LogP contribution is 2.47. The molecular weight excluding hydrogens is 652 g/mol. The summed E-state index contributed by atoms with van der Waals surface area (Å²) in [5.41, 5.74) is -1.85. The van der Waals surface area contributed by atoms with Gasteiger partial charge in [-0.25, -0.2) is 23.2 Å². The van der Waals surface area contributed by atoms with Gasteiger partial charge < -0.3 is 25.0 Å². The van der Waals surface area contributed by atoms with E-state index in [-0.39, 0.29) is 31.2 Å². The molecule has 5 rings (SSSR count). The molecule has 0 spiro atoms. The van der Waals surface area contributed by atoms with Crippen molar-refractivity contribution in [2.45, 2.75) is 108 Å². The molecule has 3 N–H and O–H groups in total. The molecule has 266 valence electrons. The fraction of sp³-hybridized carbons (Fsp3) is 0.588. The standard InChI is InChI=1S/C34H46N6O8S/c1-8-11-20-17-34(20,30(43)39-49(45,46)22-14-15-22)38-28(41)25-16-21(47-26-18-35-23-12-9-10-13-24(23)36-26)19-40(25)29(42)27(32(2,3)4)37-31(44)48-33(5,6)7/h8-10,12-13,18,20-22,25,27H,1,11,14-17,19H2,2-7H3,(H,37,44)(H,38,41)(H,39,43)/t20?,21-,25+,27-,34-/m1/s1. The van der Waals surface area contributed by atoms with E-state index in [4.69, 9.17) is 9.47 Å². The number of amides is 4. The number of benzene rings is 1. The molecular formula is C34H46N6O8S. The van der Waals surface area contributed by atoms with Gasteiger partial charge in [-0.2, -0.15) is 0 Å². The van der Waals surface area contributed by atoms with Gasteiger partial charge in [0.1, 0.15) is 29.3 Å². The minimum absolute atomic E-state index is 0.0274. The average molecular weight is 699 g/mol. The van der Waals surface area contributed by atoms with Crippen molar-refractivity contribution < 1.29 is 37.1 Å². The number of carbonyl (C=O) groups is 4. The largest absolute Gasteiger partial charge is 0.471 e. The van der Waals surface area contributed by atoms with Crippen LogP contribution in [0.3, 0.4) is 0 Å².